The minimum atomic E-state index is -0.498. The first-order valence-electron chi connectivity index (χ1n) is 6.46. The van der Waals surface area contributed by atoms with Gasteiger partial charge in [-0.15, -0.1) is 11.6 Å². The van der Waals surface area contributed by atoms with Crippen LogP contribution in [0.4, 0.5) is 5.69 Å². The molecule has 1 rings (SSSR count). The van der Waals surface area contributed by atoms with Crippen molar-refractivity contribution in [3.63, 3.8) is 0 Å². The van der Waals surface area contributed by atoms with Crippen LogP contribution in [0.15, 0.2) is 18.2 Å². The zero-order valence-electron chi connectivity index (χ0n) is 11.9. The molecule has 0 aromatic heterocycles. The van der Waals surface area contributed by atoms with E-state index in [-0.39, 0.29) is 11.6 Å². The summed E-state index contributed by atoms with van der Waals surface area (Å²) >= 11 is 5.75. The van der Waals surface area contributed by atoms with E-state index < -0.39 is 10.5 Å². The highest BCUT2D eigenvalue weighted by Crippen LogP contribution is 2.20. The number of hydrogen-bond donors (Lipinski definition) is 1. The van der Waals surface area contributed by atoms with Crippen LogP contribution >= 0.6 is 11.6 Å². The summed E-state index contributed by atoms with van der Waals surface area (Å²) in [7, 11) is 0. The lowest BCUT2D eigenvalue weighted by molar-refractivity contribution is -0.384. The van der Waals surface area contributed by atoms with Gasteiger partial charge in [-0.05, 0) is 38.3 Å². The molecule has 0 heterocycles. The molecule has 0 radical (unpaired) electrons. The smallest absolute Gasteiger partial charge is 0.270 e. The Hall–Kier alpha value is -1.62. The molecule has 0 saturated carbocycles. The number of rotatable bonds is 6. The average Bonchev–Trinajstić information content (AvgIpc) is 2.38. The zero-order chi connectivity index (χ0) is 15.3. The maximum absolute atomic E-state index is 12.2. The van der Waals surface area contributed by atoms with Crippen molar-refractivity contribution in [2.24, 2.45) is 0 Å². The monoisotopic (exact) mass is 298 g/mol. The molecule has 0 fully saturated rings. The van der Waals surface area contributed by atoms with E-state index in [0.717, 1.165) is 6.42 Å². The summed E-state index contributed by atoms with van der Waals surface area (Å²) in [6.45, 7) is 5.60. The number of nitro benzene ring substituents is 1. The zero-order valence-corrected chi connectivity index (χ0v) is 12.7. The van der Waals surface area contributed by atoms with Gasteiger partial charge in [0.05, 0.1) is 4.92 Å². The first kappa shape index (κ1) is 16.4. The quantitative estimate of drug-likeness (QED) is 0.497. The minimum Gasteiger partial charge on any atom is -0.347 e. The molecule has 1 aromatic rings. The molecule has 0 aliphatic carbocycles. The molecule has 0 saturated heterocycles. The second-order valence-corrected chi connectivity index (χ2v) is 5.50. The molecule has 1 N–H and O–H groups in total. The van der Waals surface area contributed by atoms with Crippen LogP contribution in [0.1, 0.15) is 42.6 Å². The molecule has 20 heavy (non-hydrogen) atoms. The van der Waals surface area contributed by atoms with Crippen molar-refractivity contribution in [3.8, 4) is 0 Å². The number of nitro groups is 1. The van der Waals surface area contributed by atoms with Crippen molar-refractivity contribution in [2.45, 2.75) is 39.2 Å². The van der Waals surface area contributed by atoms with Gasteiger partial charge in [-0.3, -0.25) is 14.9 Å². The Kier molecular flexibility index (Phi) is 5.51. The minimum absolute atomic E-state index is 0.0781. The largest absolute Gasteiger partial charge is 0.347 e. The van der Waals surface area contributed by atoms with Gasteiger partial charge in [0.25, 0.3) is 11.6 Å². The fraction of sp³-hybridized carbons (Fsp3) is 0.500. The summed E-state index contributed by atoms with van der Waals surface area (Å²) in [5.74, 6) is 0.129. The Labute approximate surface area is 123 Å². The predicted octanol–water partition coefficient (Wildman–Crippen LogP) is 3.43. The second-order valence-electron chi connectivity index (χ2n) is 5.12. The summed E-state index contributed by atoms with van der Waals surface area (Å²) in [6.07, 6.45) is 1.38. The van der Waals surface area contributed by atoms with E-state index in [4.69, 9.17) is 11.6 Å². The molecule has 0 aliphatic rings. The van der Waals surface area contributed by atoms with E-state index >= 15 is 0 Å². The fourth-order valence-corrected chi connectivity index (χ4v) is 2.30. The topological polar surface area (TPSA) is 72.2 Å². The summed E-state index contributed by atoms with van der Waals surface area (Å²) < 4.78 is 0. The van der Waals surface area contributed by atoms with Crippen LogP contribution in [0.2, 0.25) is 0 Å². The number of carbonyl (C=O) groups is 1. The third-order valence-electron chi connectivity index (χ3n) is 3.38. The molecule has 0 bridgehead atoms. The average molecular weight is 299 g/mol. The summed E-state index contributed by atoms with van der Waals surface area (Å²) in [5, 5.41) is 13.7. The van der Waals surface area contributed by atoms with E-state index in [2.05, 4.69) is 5.32 Å². The lowest BCUT2D eigenvalue weighted by atomic mass is 9.94. The number of aryl methyl sites for hydroxylation is 1. The molecule has 1 aromatic carbocycles. The standard InChI is InChI=1S/C14H19ClN2O3/c1-4-14(3,5-6-15)16-13(18)11-7-10(2)8-12(9-11)17(19)20/h7-9H,4-6H2,1-3H3,(H,16,18). The molecule has 0 spiro atoms. The van der Waals surface area contributed by atoms with Gasteiger partial charge in [0.1, 0.15) is 0 Å². The van der Waals surface area contributed by atoms with Gasteiger partial charge in [0.2, 0.25) is 0 Å². The summed E-state index contributed by atoms with van der Waals surface area (Å²) in [5.41, 5.74) is 0.494. The number of alkyl halides is 1. The number of benzene rings is 1. The fourth-order valence-electron chi connectivity index (χ4n) is 1.88. The van der Waals surface area contributed by atoms with Crippen molar-refractivity contribution in [2.75, 3.05) is 5.88 Å². The SMILES string of the molecule is CCC(C)(CCCl)NC(=O)c1cc(C)cc([N+](=O)[O-])c1. The van der Waals surface area contributed by atoms with Gasteiger partial charge < -0.3 is 5.32 Å². The van der Waals surface area contributed by atoms with Gasteiger partial charge in [-0.1, -0.05) is 6.92 Å². The highest BCUT2D eigenvalue weighted by Gasteiger charge is 2.25. The van der Waals surface area contributed by atoms with Crippen molar-refractivity contribution in [3.05, 3.63) is 39.4 Å². The number of nitrogens with zero attached hydrogens (tertiary/aromatic N) is 1. The Bertz CT molecular complexity index is 519. The highest BCUT2D eigenvalue weighted by atomic mass is 35.5. The van der Waals surface area contributed by atoms with Gasteiger partial charge >= 0.3 is 0 Å². The molecular weight excluding hydrogens is 280 g/mol. The second kappa shape index (κ2) is 6.70. The molecule has 1 atom stereocenters. The summed E-state index contributed by atoms with van der Waals surface area (Å²) in [6, 6.07) is 4.37. The van der Waals surface area contributed by atoms with Crippen LogP contribution in [0, 0.1) is 17.0 Å². The van der Waals surface area contributed by atoms with E-state index in [1.54, 1.807) is 13.0 Å². The van der Waals surface area contributed by atoms with Crippen LogP contribution in [0.25, 0.3) is 0 Å². The number of amides is 1. The van der Waals surface area contributed by atoms with Gasteiger partial charge in [0, 0.05) is 29.1 Å². The van der Waals surface area contributed by atoms with Gasteiger partial charge in [-0.25, -0.2) is 0 Å². The summed E-state index contributed by atoms with van der Waals surface area (Å²) in [4.78, 5) is 22.6. The third kappa shape index (κ3) is 4.20. The Morgan fingerprint density at radius 1 is 1.45 bits per heavy atom. The maximum Gasteiger partial charge on any atom is 0.270 e. The van der Waals surface area contributed by atoms with E-state index in [1.165, 1.54) is 12.1 Å². The highest BCUT2D eigenvalue weighted by molar-refractivity contribution is 6.17. The molecule has 110 valence electrons. The number of hydrogen-bond acceptors (Lipinski definition) is 3. The Morgan fingerprint density at radius 2 is 2.10 bits per heavy atom. The van der Waals surface area contributed by atoms with Crippen LogP contribution in [-0.2, 0) is 0 Å². The third-order valence-corrected chi connectivity index (χ3v) is 3.57. The molecule has 6 heteroatoms. The van der Waals surface area contributed by atoms with E-state index in [9.17, 15) is 14.9 Å². The normalized spacial score (nSPS) is 13.6. The van der Waals surface area contributed by atoms with E-state index in [1.807, 2.05) is 13.8 Å². The first-order valence-corrected chi connectivity index (χ1v) is 6.99. The van der Waals surface area contributed by atoms with E-state index in [0.29, 0.717) is 23.4 Å². The van der Waals surface area contributed by atoms with Crippen molar-refractivity contribution in [1.29, 1.82) is 0 Å². The number of nitrogens with one attached hydrogen (secondary N) is 1. The van der Waals surface area contributed by atoms with Crippen molar-refractivity contribution < 1.29 is 9.72 Å². The van der Waals surface area contributed by atoms with Crippen LogP contribution < -0.4 is 5.32 Å². The molecular formula is C14H19ClN2O3. The maximum atomic E-state index is 12.2. The molecule has 5 nitrogen and oxygen atoms in total. The number of halogens is 1. The van der Waals surface area contributed by atoms with Crippen molar-refractivity contribution in [1.82, 2.24) is 5.32 Å². The van der Waals surface area contributed by atoms with Crippen LogP contribution in [-0.4, -0.2) is 22.2 Å². The van der Waals surface area contributed by atoms with Gasteiger partial charge in [0.15, 0.2) is 0 Å². The lowest BCUT2D eigenvalue weighted by Crippen LogP contribution is -2.45. The Morgan fingerprint density at radius 3 is 2.60 bits per heavy atom. The van der Waals surface area contributed by atoms with Crippen LogP contribution in [0.3, 0.4) is 0 Å². The number of carbonyl (C=O) groups excluding carboxylic acids is 1. The van der Waals surface area contributed by atoms with Crippen LogP contribution in [0.5, 0.6) is 0 Å². The van der Waals surface area contributed by atoms with Gasteiger partial charge in [-0.2, -0.15) is 0 Å². The molecule has 1 amide bonds. The molecule has 0 aliphatic heterocycles. The lowest BCUT2D eigenvalue weighted by Gasteiger charge is -2.29. The molecule has 1 unspecified atom stereocenters. The number of non-ortho nitro benzene ring substituents is 1. The van der Waals surface area contributed by atoms with Crippen molar-refractivity contribution >= 4 is 23.2 Å². The predicted molar refractivity (Wildman–Crippen MR) is 79.3 cm³/mol. The first-order chi connectivity index (χ1) is 9.31. The Balaban J connectivity index is 3.00.